The highest BCUT2D eigenvalue weighted by Gasteiger charge is 2.08. The first-order valence-corrected chi connectivity index (χ1v) is 5.53. The van der Waals surface area contributed by atoms with Gasteiger partial charge in [-0.05, 0) is 5.56 Å². The van der Waals surface area contributed by atoms with E-state index in [0.717, 1.165) is 26.4 Å². The molecule has 0 aliphatic rings. The Balaban J connectivity index is 2.80. The lowest BCUT2D eigenvalue weighted by molar-refractivity contribution is 1.43. The summed E-state index contributed by atoms with van der Waals surface area (Å²) >= 11 is 13.4. The van der Waals surface area contributed by atoms with Gasteiger partial charge in [0.05, 0.1) is 15.4 Å². The summed E-state index contributed by atoms with van der Waals surface area (Å²) in [7, 11) is 0. The van der Waals surface area contributed by atoms with Gasteiger partial charge in [-0.25, -0.2) is 0 Å². The van der Waals surface area contributed by atoms with Crippen molar-refractivity contribution < 1.29 is 0 Å². The molecular weight excluding hydrogens is 225 g/mol. The van der Waals surface area contributed by atoms with Crippen LogP contribution in [0.1, 0.15) is 5.56 Å². The zero-order valence-electron chi connectivity index (χ0n) is 6.68. The minimum atomic E-state index is 0.437. The topological polar surface area (TPSA) is 26.0 Å². The summed E-state index contributed by atoms with van der Waals surface area (Å²) in [6, 6.07) is 3.88. The smallest absolute Gasteiger partial charge is 0.0629 e. The van der Waals surface area contributed by atoms with Crippen molar-refractivity contribution >= 4 is 50.3 Å². The summed E-state index contributed by atoms with van der Waals surface area (Å²) in [6.45, 7) is 0. The zero-order valence-corrected chi connectivity index (χ0v) is 9.01. The Morgan fingerprint density at radius 3 is 2.85 bits per heavy atom. The van der Waals surface area contributed by atoms with Gasteiger partial charge in [0.2, 0.25) is 0 Å². The van der Waals surface area contributed by atoms with E-state index in [-0.39, 0.29) is 0 Å². The van der Waals surface area contributed by atoms with E-state index < -0.39 is 0 Å². The third-order valence-corrected chi connectivity index (χ3v) is 3.80. The molecule has 0 amide bonds. The van der Waals surface area contributed by atoms with Gasteiger partial charge >= 0.3 is 0 Å². The van der Waals surface area contributed by atoms with Crippen molar-refractivity contribution in [3.63, 3.8) is 0 Å². The van der Waals surface area contributed by atoms with Gasteiger partial charge in [0.15, 0.2) is 0 Å². The summed E-state index contributed by atoms with van der Waals surface area (Å²) in [4.78, 5) is 0. The van der Waals surface area contributed by atoms with Gasteiger partial charge in [-0.15, -0.1) is 22.9 Å². The molecule has 0 bridgehead atoms. The Morgan fingerprint density at radius 1 is 1.38 bits per heavy atom. The molecule has 0 aliphatic carbocycles. The van der Waals surface area contributed by atoms with Gasteiger partial charge < -0.3 is 5.73 Å². The van der Waals surface area contributed by atoms with E-state index in [9.17, 15) is 0 Å². The molecule has 0 radical (unpaired) electrons. The third-order valence-electron chi connectivity index (χ3n) is 1.94. The molecule has 0 atom stereocenters. The second-order valence-corrected chi connectivity index (χ2v) is 4.26. The van der Waals surface area contributed by atoms with Gasteiger partial charge in [-0.3, -0.25) is 0 Å². The van der Waals surface area contributed by atoms with Crippen LogP contribution in [0.4, 0.5) is 5.69 Å². The highest BCUT2D eigenvalue weighted by atomic mass is 35.5. The normalized spacial score (nSPS) is 10.9. The number of hydrogen-bond donors (Lipinski definition) is 1. The van der Waals surface area contributed by atoms with Gasteiger partial charge in [0.1, 0.15) is 0 Å². The van der Waals surface area contributed by atoms with Crippen LogP contribution in [-0.4, -0.2) is 0 Å². The molecule has 0 saturated carbocycles. The SMILES string of the molecule is Nc1csc2c(Cl)c(CCl)ccc12. The molecule has 0 aliphatic heterocycles. The van der Waals surface area contributed by atoms with Crippen LogP contribution in [0.25, 0.3) is 10.1 Å². The number of benzene rings is 1. The number of anilines is 1. The number of fused-ring (bicyclic) bond motifs is 1. The van der Waals surface area contributed by atoms with Crippen LogP contribution in [0.3, 0.4) is 0 Å². The molecule has 68 valence electrons. The Kier molecular flexibility index (Phi) is 2.37. The lowest BCUT2D eigenvalue weighted by Crippen LogP contribution is -1.83. The fourth-order valence-corrected chi connectivity index (χ4v) is 2.80. The van der Waals surface area contributed by atoms with Crippen molar-refractivity contribution in [3.8, 4) is 0 Å². The molecule has 2 aromatic rings. The van der Waals surface area contributed by atoms with Gasteiger partial charge in [-0.2, -0.15) is 0 Å². The van der Waals surface area contributed by atoms with Crippen LogP contribution in [0.5, 0.6) is 0 Å². The molecule has 0 saturated heterocycles. The molecule has 1 aromatic carbocycles. The van der Waals surface area contributed by atoms with Gasteiger partial charge in [-0.1, -0.05) is 23.7 Å². The number of nitrogen functional groups attached to an aromatic ring is 1. The van der Waals surface area contributed by atoms with Crippen molar-refractivity contribution in [1.29, 1.82) is 0 Å². The van der Waals surface area contributed by atoms with Crippen LogP contribution >= 0.6 is 34.5 Å². The van der Waals surface area contributed by atoms with Crippen molar-refractivity contribution in [2.75, 3.05) is 5.73 Å². The van der Waals surface area contributed by atoms with Gasteiger partial charge in [0, 0.05) is 16.6 Å². The number of hydrogen-bond acceptors (Lipinski definition) is 2. The fourth-order valence-electron chi connectivity index (χ4n) is 1.23. The van der Waals surface area contributed by atoms with Crippen LogP contribution in [0.2, 0.25) is 5.02 Å². The Bertz CT molecular complexity index is 450. The Morgan fingerprint density at radius 2 is 2.15 bits per heavy atom. The van der Waals surface area contributed by atoms with E-state index in [2.05, 4.69) is 0 Å². The van der Waals surface area contributed by atoms with Crippen LogP contribution in [0, 0.1) is 0 Å². The third kappa shape index (κ3) is 1.39. The summed E-state index contributed by atoms with van der Waals surface area (Å²) in [6.07, 6.45) is 0. The molecule has 4 heteroatoms. The molecule has 2 N–H and O–H groups in total. The average molecular weight is 232 g/mol. The van der Waals surface area contributed by atoms with Crippen LogP contribution < -0.4 is 5.73 Å². The lowest BCUT2D eigenvalue weighted by Gasteiger charge is -2.00. The predicted molar refractivity (Wildman–Crippen MR) is 60.8 cm³/mol. The number of halogens is 2. The van der Waals surface area contributed by atoms with Crippen LogP contribution in [0.15, 0.2) is 17.5 Å². The minimum absolute atomic E-state index is 0.437. The molecule has 0 fully saturated rings. The maximum Gasteiger partial charge on any atom is 0.0629 e. The standard InChI is InChI=1S/C9H7Cl2NS/c10-3-5-1-2-6-7(12)4-13-9(6)8(5)11/h1-2,4H,3,12H2. The molecule has 0 unspecified atom stereocenters. The monoisotopic (exact) mass is 231 g/mol. The number of rotatable bonds is 1. The first kappa shape index (κ1) is 9.13. The highest BCUT2D eigenvalue weighted by molar-refractivity contribution is 7.18. The van der Waals surface area contributed by atoms with E-state index in [1.807, 2.05) is 17.5 Å². The van der Waals surface area contributed by atoms with Crippen molar-refractivity contribution in [3.05, 3.63) is 28.1 Å². The second kappa shape index (κ2) is 3.37. The number of alkyl halides is 1. The molecule has 13 heavy (non-hydrogen) atoms. The van der Waals surface area contributed by atoms with E-state index in [4.69, 9.17) is 28.9 Å². The predicted octanol–water partition coefficient (Wildman–Crippen LogP) is 3.88. The molecule has 1 heterocycles. The molecule has 0 spiro atoms. The highest BCUT2D eigenvalue weighted by Crippen LogP contribution is 2.36. The maximum absolute atomic E-state index is 6.13. The molecule has 1 aromatic heterocycles. The van der Waals surface area contributed by atoms with Crippen LogP contribution in [-0.2, 0) is 5.88 Å². The van der Waals surface area contributed by atoms with E-state index >= 15 is 0 Å². The van der Waals surface area contributed by atoms with E-state index in [1.54, 1.807) is 11.3 Å². The first-order valence-electron chi connectivity index (χ1n) is 3.74. The van der Waals surface area contributed by atoms with Crippen molar-refractivity contribution in [1.82, 2.24) is 0 Å². The van der Waals surface area contributed by atoms with Gasteiger partial charge in [0.25, 0.3) is 0 Å². The molecule has 1 nitrogen and oxygen atoms in total. The first-order chi connectivity index (χ1) is 6.24. The lowest BCUT2D eigenvalue weighted by atomic mass is 10.2. The maximum atomic E-state index is 6.13. The quantitative estimate of drug-likeness (QED) is 0.742. The van der Waals surface area contributed by atoms with Crippen molar-refractivity contribution in [2.45, 2.75) is 5.88 Å². The summed E-state index contributed by atoms with van der Waals surface area (Å²) < 4.78 is 1.03. The zero-order chi connectivity index (χ0) is 9.42. The Labute approximate surface area is 90.1 Å². The largest absolute Gasteiger partial charge is 0.398 e. The molecular formula is C9H7Cl2NS. The van der Waals surface area contributed by atoms with E-state index in [1.165, 1.54) is 0 Å². The number of nitrogens with two attached hydrogens (primary N) is 1. The summed E-state index contributed by atoms with van der Waals surface area (Å²) in [5.41, 5.74) is 7.49. The summed E-state index contributed by atoms with van der Waals surface area (Å²) in [5.74, 6) is 0.437. The van der Waals surface area contributed by atoms with E-state index in [0.29, 0.717) is 5.88 Å². The number of thiophene rings is 1. The molecule has 2 rings (SSSR count). The average Bonchev–Trinajstić information content (AvgIpc) is 2.50. The minimum Gasteiger partial charge on any atom is -0.398 e. The summed E-state index contributed by atoms with van der Waals surface area (Å²) in [5, 5.41) is 3.65. The fraction of sp³-hybridized carbons (Fsp3) is 0.111. The Hall–Kier alpha value is -0.440. The second-order valence-electron chi connectivity index (χ2n) is 2.74. The van der Waals surface area contributed by atoms with Crippen molar-refractivity contribution in [2.24, 2.45) is 0 Å².